The van der Waals surface area contributed by atoms with Gasteiger partial charge >= 0.3 is 0 Å². The first-order chi connectivity index (χ1) is 13.2. The summed E-state index contributed by atoms with van der Waals surface area (Å²) >= 11 is 0. The Hall–Kier alpha value is -2.66. The number of nitrogens with zero attached hydrogens (tertiary/aromatic N) is 1. The van der Waals surface area contributed by atoms with Crippen LogP contribution in [0.15, 0.2) is 60.7 Å². The van der Waals surface area contributed by atoms with Gasteiger partial charge in [-0.15, -0.1) is 0 Å². The summed E-state index contributed by atoms with van der Waals surface area (Å²) in [5, 5.41) is 6.15. The molecule has 142 valence electrons. The second kappa shape index (κ2) is 9.33. The van der Waals surface area contributed by atoms with Crippen molar-refractivity contribution in [2.24, 2.45) is 5.92 Å². The van der Waals surface area contributed by atoms with Gasteiger partial charge in [-0.05, 0) is 50.0 Å². The lowest BCUT2D eigenvalue weighted by Gasteiger charge is -2.35. The highest BCUT2D eigenvalue weighted by Gasteiger charge is 2.31. The fraction of sp³-hybridized carbons (Fsp3) is 0.364. The van der Waals surface area contributed by atoms with Crippen molar-refractivity contribution in [3.05, 3.63) is 71.8 Å². The van der Waals surface area contributed by atoms with E-state index in [0.717, 1.165) is 38.0 Å². The van der Waals surface area contributed by atoms with Gasteiger partial charge in [0.2, 0.25) is 5.91 Å². The number of hydrogen-bond acceptors (Lipinski definition) is 3. The third kappa shape index (κ3) is 4.95. The molecule has 2 aromatic carbocycles. The minimum absolute atomic E-state index is 0.0358. The summed E-state index contributed by atoms with van der Waals surface area (Å²) in [6.07, 6.45) is 2.11. The third-order valence-corrected chi connectivity index (χ3v) is 5.01. The molecule has 2 N–H and O–H groups in total. The number of rotatable bonds is 6. The van der Waals surface area contributed by atoms with E-state index < -0.39 is 6.04 Å². The van der Waals surface area contributed by atoms with Crippen molar-refractivity contribution in [1.29, 1.82) is 0 Å². The average Bonchev–Trinajstić information content (AvgIpc) is 2.73. The van der Waals surface area contributed by atoms with Gasteiger partial charge < -0.3 is 15.5 Å². The van der Waals surface area contributed by atoms with Gasteiger partial charge in [0, 0.05) is 18.7 Å². The molecule has 0 spiro atoms. The summed E-state index contributed by atoms with van der Waals surface area (Å²) in [5.74, 6) is 0.182. The van der Waals surface area contributed by atoms with Crippen LogP contribution < -0.4 is 10.6 Å². The molecule has 0 saturated carbocycles. The Bertz CT molecular complexity index is 747. The number of carbonyl (C=O) groups excluding carboxylic acids is 2. The van der Waals surface area contributed by atoms with E-state index in [2.05, 4.69) is 10.6 Å². The van der Waals surface area contributed by atoms with Gasteiger partial charge in [0.1, 0.15) is 6.04 Å². The maximum atomic E-state index is 13.3. The molecule has 0 aromatic heterocycles. The van der Waals surface area contributed by atoms with Crippen LogP contribution in [0.3, 0.4) is 0 Å². The first kappa shape index (κ1) is 19.1. The van der Waals surface area contributed by atoms with Crippen LogP contribution in [0.5, 0.6) is 0 Å². The first-order valence-electron chi connectivity index (χ1n) is 9.53. The topological polar surface area (TPSA) is 61.4 Å². The van der Waals surface area contributed by atoms with Crippen LogP contribution in [0.25, 0.3) is 0 Å². The number of nitrogens with one attached hydrogen (secondary N) is 2. The molecule has 2 amide bonds. The minimum atomic E-state index is -0.674. The Morgan fingerprint density at radius 1 is 1.07 bits per heavy atom. The number of likely N-dealkylation sites (tertiary alicyclic amines) is 1. The normalized spacial score (nSPS) is 18.0. The average molecular weight is 365 g/mol. The SMILES string of the molecule is CNCC1CCCN(C(=O)C(NC(=O)c2ccccc2)c2ccccc2)C1. The minimum Gasteiger partial charge on any atom is -0.340 e. The molecule has 0 bridgehead atoms. The lowest BCUT2D eigenvalue weighted by molar-refractivity contribution is -0.135. The molecule has 1 aliphatic heterocycles. The lowest BCUT2D eigenvalue weighted by Crippen LogP contribution is -2.48. The Labute approximate surface area is 160 Å². The van der Waals surface area contributed by atoms with Gasteiger partial charge in [0.25, 0.3) is 5.91 Å². The number of carbonyl (C=O) groups is 2. The van der Waals surface area contributed by atoms with Crippen molar-refractivity contribution in [2.75, 3.05) is 26.7 Å². The highest BCUT2D eigenvalue weighted by molar-refractivity contribution is 5.97. The predicted molar refractivity (Wildman–Crippen MR) is 106 cm³/mol. The van der Waals surface area contributed by atoms with Crippen LogP contribution in [0.2, 0.25) is 0 Å². The Balaban J connectivity index is 1.79. The summed E-state index contributed by atoms with van der Waals surface area (Å²) in [6, 6.07) is 17.8. The van der Waals surface area contributed by atoms with E-state index in [0.29, 0.717) is 11.5 Å². The molecule has 2 unspecified atom stereocenters. The number of benzene rings is 2. The van der Waals surface area contributed by atoms with Crippen molar-refractivity contribution < 1.29 is 9.59 Å². The summed E-state index contributed by atoms with van der Waals surface area (Å²) in [4.78, 5) is 27.9. The van der Waals surface area contributed by atoms with Crippen molar-refractivity contribution in [3.8, 4) is 0 Å². The maximum Gasteiger partial charge on any atom is 0.252 e. The first-order valence-corrected chi connectivity index (χ1v) is 9.53. The van der Waals surface area contributed by atoms with Crippen molar-refractivity contribution >= 4 is 11.8 Å². The zero-order chi connectivity index (χ0) is 19.1. The standard InChI is InChI=1S/C22H27N3O2/c1-23-15-17-9-8-14-25(16-17)22(27)20(18-10-4-2-5-11-18)24-21(26)19-12-6-3-7-13-19/h2-7,10-13,17,20,23H,8-9,14-16H2,1H3,(H,24,26). The van der Waals surface area contributed by atoms with Gasteiger partial charge in [0.15, 0.2) is 0 Å². The van der Waals surface area contributed by atoms with Crippen LogP contribution in [0, 0.1) is 5.92 Å². The summed E-state index contributed by atoms with van der Waals surface area (Å²) in [5.41, 5.74) is 1.36. The zero-order valence-electron chi connectivity index (χ0n) is 15.7. The molecule has 5 nitrogen and oxygen atoms in total. The number of hydrogen-bond donors (Lipinski definition) is 2. The quantitative estimate of drug-likeness (QED) is 0.827. The predicted octanol–water partition coefficient (Wildman–Crippen LogP) is 2.62. The van der Waals surface area contributed by atoms with Gasteiger partial charge in [-0.25, -0.2) is 0 Å². The summed E-state index contributed by atoms with van der Waals surface area (Å²) in [7, 11) is 1.94. The lowest BCUT2D eigenvalue weighted by atomic mass is 9.96. The molecule has 2 atom stereocenters. The summed E-state index contributed by atoms with van der Waals surface area (Å²) < 4.78 is 0. The molecular formula is C22H27N3O2. The zero-order valence-corrected chi connectivity index (χ0v) is 15.7. The van der Waals surface area contributed by atoms with E-state index in [9.17, 15) is 9.59 Å². The molecule has 2 aromatic rings. The molecule has 0 radical (unpaired) electrons. The molecule has 0 aliphatic carbocycles. The van der Waals surface area contributed by atoms with E-state index in [1.807, 2.05) is 60.5 Å². The fourth-order valence-electron chi connectivity index (χ4n) is 3.64. The number of amides is 2. The van der Waals surface area contributed by atoms with Crippen LogP contribution in [0.4, 0.5) is 0 Å². The van der Waals surface area contributed by atoms with E-state index in [4.69, 9.17) is 0 Å². The van der Waals surface area contributed by atoms with Crippen molar-refractivity contribution in [2.45, 2.75) is 18.9 Å². The largest absolute Gasteiger partial charge is 0.340 e. The van der Waals surface area contributed by atoms with Gasteiger partial charge in [-0.3, -0.25) is 9.59 Å². The highest BCUT2D eigenvalue weighted by atomic mass is 16.2. The molecule has 27 heavy (non-hydrogen) atoms. The number of piperidine rings is 1. The van der Waals surface area contributed by atoms with Crippen LogP contribution in [-0.2, 0) is 4.79 Å². The third-order valence-electron chi connectivity index (χ3n) is 5.01. The van der Waals surface area contributed by atoms with Gasteiger partial charge in [0.05, 0.1) is 0 Å². The molecule has 1 fully saturated rings. The molecular weight excluding hydrogens is 338 g/mol. The van der Waals surface area contributed by atoms with E-state index in [1.54, 1.807) is 12.1 Å². The van der Waals surface area contributed by atoms with Gasteiger partial charge in [-0.1, -0.05) is 48.5 Å². The molecule has 5 heteroatoms. The van der Waals surface area contributed by atoms with Crippen molar-refractivity contribution in [3.63, 3.8) is 0 Å². The van der Waals surface area contributed by atoms with Crippen LogP contribution in [-0.4, -0.2) is 43.4 Å². The second-order valence-electron chi connectivity index (χ2n) is 7.03. The Morgan fingerprint density at radius 3 is 2.41 bits per heavy atom. The van der Waals surface area contributed by atoms with E-state index in [-0.39, 0.29) is 11.8 Å². The molecule has 3 rings (SSSR count). The molecule has 1 heterocycles. The highest BCUT2D eigenvalue weighted by Crippen LogP contribution is 2.22. The van der Waals surface area contributed by atoms with Crippen LogP contribution in [0.1, 0.15) is 34.8 Å². The fourth-order valence-corrected chi connectivity index (χ4v) is 3.64. The smallest absolute Gasteiger partial charge is 0.252 e. The second-order valence-corrected chi connectivity index (χ2v) is 7.03. The van der Waals surface area contributed by atoms with E-state index in [1.165, 1.54) is 0 Å². The van der Waals surface area contributed by atoms with Crippen LogP contribution >= 0.6 is 0 Å². The summed E-state index contributed by atoms with van der Waals surface area (Å²) in [6.45, 7) is 2.37. The Morgan fingerprint density at radius 2 is 1.74 bits per heavy atom. The maximum absolute atomic E-state index is 13.3. The molecule has 1 aliphatic rings. The van der Waals surface area contributed by atoms with Gasteiger partial charge in [-0.2, -0.15) is 0 Å². The van der Waals surface area contributed by atoms with E-state index >= 15 is 0 Å². The van der Waals surface area contributed by atoms with Crippen molar-refractivity contribution in [1.82, 2.24) is 15.5 Å². The monoisotopic (exact) mass is 365 g/mol. The Kier molecular flexibility index (Phi) is 6.60. The molecule has 1 saturated heterocycles.